The summed E-state index contributed by atoms with van der Waals surface area (Å²) in [4.78, 5) is 10.4. The van der Waals surface area contributed by atoms with E-state index in [0.717, 1.165) is 6.29 Å². The molecule has 4 atom stereocenters. The van der Waals surface area contributed by atoms with Crippen molar-refractivity contribution in [2.75, 3.05) is 13.2 Å². The molecule has 4 heteroatoms. The molecule has 0 unspecified atom stereocenters. The standard InChI is InChI=1S/C7H10O4/c8-1-4-2-10-7-5(9)3-11-6(4)7/h1,4-7,9H,2-3H2/t4-,5-,6+,7+/m1/s1. The molecule has 0 aromatic carbocycles. The summed E-state index contributed by atoms with van der Waals surface area (Å²) in [5.74, 6) is -0.183. The predicted octanol–water partition coefficient (Wildman–Crippen LogP) is -1.04. The number of aliphatic hydroxyl groups excluding tert-OH is 1. The number of hydrogen-bond donors (Lipinski definition) is 1. The summed E-state index contributed by atoms with van der Waals surface area (Å²) >= 11 is 0. The molecule has 0 spiro atoms. The summed E-state index contributed by atoms with van der Waals surface area (Å²) in [7, 11) is 0. The van der Waals surface area contributed by atoms with Crippen molar-refractivity contribution in [1.82, 2.24) is 0 Å². The van der Waals surface area contributed by atoms with Crippen molar-refractivity contribution in [3.63, 3.8) is 0 Å². The molecule has 62 valence electrons. The van der Waals surface area contributed by atoms with E-state index in [1.54, 1.807) is 0 Å². The number of rotatable bonds is 1. The van der Waals surface area contributed by atoms with Gasteiger partial charge in [0.15, 0.2) is 0 Å². The fourth-order valence-electron chi connectivity index (χ4n) is 1.63. The number of fused-ring (bicyclic) bond motifs is 1. The van der Waals surface area contributed by atoms with E-state index in [1.165, 1.54) is 0 Å². The van der Waals surface area contributed by atoms with Gasteiger partial charge >= 0.3 is 0 Å². The first kappa shape index (κ1) is 7.21. The SMILES string of the molecule is O=C[C@@H]1CO[C@@H]2[C@H]1OC[C@H]2O. The first-order valence-electron chi connectivity index (χ1n) is 3.69. The van der Waals surface area contributed by atoms with Crippen LogP contribution in [0, 0.1) is 5.92 Å². The minimum absolute atomic E-state index is 0.183. The van der Waals surface area contributed by atoms with Crippen LogP contribution in [0.4, 0.5) is 0 Å². The predicted molar refractivity (Wildman–Crippen MR) is 35.0 cm³/mol. The third-order valence-electron chi connectivity index (χ3n) is 2.24. The van der Waals surface area contributed by atoms with Crippen LogP contribution in [-0.2, 0) is 14.3 Å². The molecule has 0 aromatic rings. The van der Waals surface area contributed by atoms with Crippen LogP contribution in [0.15, 0.2) is 0 Å². The molecule has 2 saturated heterocycles. The summed E-state index contributed by atoms with van der Waals surface area (Å²) < 4.78 is 10.4. The lowest BCUT2D eigenvalue weighted by Crippen LogP contribution is -2.29. The lowest BCUT2D eigenvalue weighted by molar-refractivity contribution is -0.113. The lowest BCUT2D eigenvalue weighted by atomic mass is 10.0. The molecule has 0 saturated carbocycles. The van der Waals surface area contributed by atoms with E-state index in [-0.39, 0.29) is 18.1 Å². The summed E-state index contributed by atoms with van der Waals surface area (Å²) in [5.41, 5.74) is 0. The lowest BCUT2D eigenvalue weighted by Gasteiger charge is -2.09. The number of hydrogen-bond acceptors (Lipinski definition) is 4. The van der Waals surface area contributed by atoms with Crippen molar-refractivity contribution >= 4 is 6.29 Å². The molecule has 4 nitrogen and oxygen atoms in total. The highest BCUT2D eigenvalue weighted by Gasteiger charge is 2.46. The Kier molecular flexibility index (Phi) is 1.67. The minimum Gasteiger partial charge on any atom is -0.388 e. The van der Waals surface area contributed by atoms with Gasteiger partial charge in [-0.1, -0.05) is 0 Å². The zero-order valence-corrected chi connectivity index (χ0v) is 5.97. The molecule has 0 bridgehead atoms. The van der Waals surface area contributed by atoms with Gasteiger partial charge in [0, 0.05) is 0 Å². The van der Waals surface area contributed by atoms with Crippen LogP contribution in [-0.4, -0.2) is 42.9 Å². The van der Waals surface area contributed by atoms with E-state index in [2.05, 4.69) is 0 Å². The zero-order valence-electron chi connectivity index (χ0n) is 5.97. The average Bonchev–Trinajstić information content (AvgIpc) is 2.53. The van der Waals surface area contributed by atoms with Gasteiger partial charge in [-0.05, 0) is 0 Å². The van der Waals surface area contributed by atoms with Crippen LogP contribution in [0.3, 0.4) is 0 Å². The van der Waals surface area contributed by atoms with Crippen molar-refractivity contribution < 1.29 is 19.4 Å². The Labute approximate surface area is 64.1 Å². The van der Waals surface area contributed by atoms with Crippen molar-refractivity contribution in [1.29, 1.82) is 0 Å². The van der Waals surface area contributed by atoms with E-state index in [9.17, 15) is 9.90 Å². The summed E-state index contributed by atoms with van der Waals surface area (Å²) in [6.45, 7) is 0.676. The van der Waals surface area contributed by atoms with Gasteiger partial charge in [0.05, 0.1) is 25.2 Å². The zero-order chi connectivity index (χ0) is 7.84. The van der Waals surface area contributed by atoms with Gasteiger partial charge in [-0.15, -0.1) is 0 Å². The summed E-state index contributed by atoms with van der Waals surface area (Å²) in [6.07, 6.45) is -0.194. The van der Waals surface area contributed by atoms with Crippen molar-refractivity contribution in [3.05, 3.63) is 0 Å². The molecule has 2 aliphatic rings. The van der Waals surface area contributed by atoms with E-state index in [1.807, 2.05) is 0 Å². The first-order valence-corrected chi connectivity index (χ1v) is 3.69. The van der Waals surface area contributed by atoms with Crippen LogP contribution < -0.4 is 0 Å². The third-order valence-corrected chi connectivity index (χ3v) is 2.24. The second-order valence-electron chi connectivity index (χ2n) is 2.96. The Morgan fingerprint density at radius 1 is 1.27 bits per heavy atom. The van der Waals surface area contributed by atoms with Gasteiger partial charge in [-0.3, -0.25) is 0 Å². The van der Waals surface area contributed by atoms with Crippen molar-refractivity contribution in [2.45, 2.75) is 18.3 Å². The van der Waals surface area contributed by atoms with Crippen LogP contribution >= 0.6 is 0 Å². The van der Waals surface area contributed by atoms with Gasteiger partial charge in [0.1, 0.15) is 18.5 Å². The molecule has 2 rings (SSSR count). The number of carbonyl (C=O) groups excluding carboxylic acids is 1. The maximum absolute atomic E-state index is 10.4. The molecule has 2 fully saturated rings. The van der Waals surface area contributed by atoms with E-state index < -0.39 is 6.10 Å². The minimum atomic E-state index is -0.551. The largest absolute Gasteiger partial charge is 0.388 e. The van der Waals surface area contributed by atoms with Gasteiger partial charge in [-0.25, -0.2) is 0 Å². The molecule has 2 heterocycles. The highest BCUT2D eigenvalue weighted by Crippen LogP contribution is 2.29. The Morgan fingerprint density at radius 2 is 2.00 bits per heavy atom. The number of ether oxygens (including phenoxy) is 2. The van der Waals surface area contributed by atoms with Crippen LogP contribution in [0.2, 0.25) is 0 Å². The summed E-state index contributed by atoms with van der Waals surface area (Å²) in [5, 5.41) is 9.25. The van der Waals surface area contributed by atoms with Crippen LogP contribution in [0.1, 0.15) is 0 Å². The van der Waals surface area contributed by atoms with E-state index in [0.29, 0.717) is 13.2 Å². The molecule has 0 aromatic heterocycles. The van der Waals surface area contributed by atoms with Gasteiger partial charge in [0.2, 0.25) is 0 Å². The van der Waals surface area contributed by atoms with Crippen molar-refractivity contribution in [2.24, 2.45) is 5.92 Å². The average molecular weight is 158 g/mol. The molecule has 0 amide bonds. The molecule has 11 heavy (non-hydrogen) atoms. The van der Waals surface area contributed by atoms with E-state index in [4.69, 9.17) is 9.47 Å². The Morgan fingerprint density at radius 3 is 2.73 bits per heavy atom. The Balaban J connectivity index is 2.10. The third kappa shape index (κ3) is 0.982. The monoisotopic (exact) mass is 158 g/mol. The maximum atomic E-state index is 10.4. The number of carbonyl (C=O) groups is 1. The smallest absolute Gasteiger partial charge is 0.128 e. The summed E-state index contributed by atoms with van der Waals surface area (Å²) in [6, 6.07) is 0. The van der Waals surface area contributed by atoms with Crippen LogP contribution in [0.25, 0.3) is 0 Å². The van der Waals surface area contributed by atoms with E-state index >= 15 is 0 Å². The second kappa shape index (κ2) is 2.55. The van der Waals surface area contributed by atoms with Crippen molar-refractivity contribution in [3.8, 4) is 0 Å². The second-order valence-corrected chi connectivity index (χ2v) is 2.96. The van der Waals surface area contributed by atoms with Gasteiger partial charge in [-0.2, -0.15) is 0 Å². The highest BCUT2D eigenvalue weighted by molar-refractivity contribution is 5.55. The highest BCUT2D eigenvalue weighted by atomic mass is 16.6. The number of aliphatic hydroxyl groups is 1. The fourth-order valence-corrected chi connectivity index (χ4v) is 1.63. The normalized spacial score (nSPS) is 49.2. The maximum Gasteiger partial charge on any atom is 0.128 e. The molecule has 2 aliphatic heterocycles. The molecular formula is C7H10O4. The topological polar surface area (TPSA) is 55.8 Å². The quantitative estimate of drug-likeness (QED) is 0.495. The molecule has 0 aliphatic carbocycles. The molecular weight excluding hydrogens is 148 g/mol. The number of aldehydes is 1. The Bertz CT molecular complexity index is 170. The van der Waals surface area contributed by atoms with Gasteiger partial charge < -0.3 is 19.4 Å². The van der Waals surface area contributed by atoms with Gasteiger partial charge in [0.25, 0.3) is 0 Å². The fraction of sp³-hybridized carbons (Fsp3) is 0.857. The first-order chi connectivity index (χ1) is 5.33. The Hall–Kier alpha value is -0.450. The molecule has 0 radical (unpaired) electrons. The van der Waals surface area contributed by atoms with Crippen LogP contribution in [0.5, 0.6) is 0 Å². The molecule has 1 N–H and O–H groups in total.